The van der Waals surface area contributed by atoms with Crippen LogP contribution in [0.25, 0.3) is 0 Å². The number of hydrogen-bond acceptors (Lipinski definition) is 8. The Kier molecular flexibility index (Phi) is 9.52. The van der Waals surface area contributed by atoms with Crippen LogP contribution in [0.2, 0.25) is 0 Å². The van der Waals surface area contributed by atoms with Crippen LogP contribution in [0.5, 0.6) is 0 Å². The Balaban J connectivity index is 1.24. The highest BCUT2D eigenvalue weighted by molar-refractivity contribution is 6.20. The molecule has 2 saturated heterocycles. The first-order chi connectivity index (χ1) is 21.4. The fourth-order valence-electron chi connectivity index (χ4n) is 9.21. The molecule has 0 spiro atoms. The standard InChI is InChI=1S/C34H54FN5O5/c1-34(2,3)45-33(43)37-22-11-14-39(18-22)29-25(35)17-23-28-31(29)44-27-16-21-10-7-6-9-20(21)15-26(27)40(28)19-24(30(23)41)32(42)36-12-8-13-38(4)5/h19-23,25-29,31H,6-18H2,1-5H3,(H,36,42)(H,37,43). The Morgan fingerprint density at radius 3 is 2.53 bits per heavy atom. The van der Waals surface area contributed by atoms with E-state index in [2.05, 4.69) is 25.3 Å². The topological polar surface area (TPSA) is 103 Å². The smallest absolute Gasteiger partial charge is 0.407 e. The predicted molar refractivity (Wildman–Crippen MR) is 168 cm³/mol. The Bertz CT molecular complexity index is 1160. The second kappa shape index (κ2) is 13.1. The van der Waals surface area contributed by atoms with E-state index in [9.17, 15) is 14.4 Å². The molecule has 6 aliphatic rings. The molecular weight excluding hydrogens is 577 g/mol. The van der Waals surface area contributed by atoms with Crippen molar-refractivity contribution in [2.45, 2.75) is 127 Å². The number of morpholine rings is 1. The van der Waals surface area contributed by atoms with Gasteiger partial charge >= 0.3 is 6.09 Å². The van der Waals surface area contributed by atoms with E-state index in [1.54, 1.807) is 0 Å². The highest BCUT2D eigenvalue weighted by atomic mass is 19.1. The lowest BCUT2D eigenvalue weighted by molar-refractivity contribution is -0.219. The number of ketones is 1. The minimum atomic E-state index is -1.28. The van der Waals surface area contributed by atoms with Crippen LogP contribution in [0.15, 0.2) is 11.8 Å². The zero-order chi connectivity index (χ0) is 32.0. The first kappa shape index (κ1) is 32.7. The number of amides is 2. The van der Waals surface area contributed by atoms with Gasteiger partial charge < -0.3 is 29.9 Å². The van der Waals surface area contributed by atoms with Crippen LogP contribution in [-0.4, -0.2) is 121 Å². The van der Waals surface area contributed by atoms with Gasteiger partial charge in [-0.1, -0.05) is 25.7 Å². The monoisotopic (exact) mass is 631 g/mol. The lowest BCUT2D eigenvalue weighted by atomic mass is 9.64. The number of halogens is 1. The molecule has 3 aliphatic carbocycles. The first-order valence-corrected chi connectivity index (χ1v) is 17.4. The van der Waals surface area contributed by atoms with Crippen molar-refractivity contribution >= 4 is 17.8 Å². The van der Waals surface area contributed by atoms with Gasteiger partial charge in [0.25, 0.3) is 5.91 Å². The molecule has 5 fully saturated rings. The third-order valence-corrected chi connectivity index (χ3v) is 11.1. The molecular formula is C34H54FN5O5. The summed E-state index contributed by atoms with van der Waals surface area (Å²) >= 11 is 0. The molecule has 3 heterocycles. The molecule has 0 aromatic heterocycles. The second-order valence-electron chi connectivity index (χ2n) is 15.7. The fourth-order valence-corrected chi connectivity index (χ4v) is 9.21. The molecule has 6 rings (SSSR count). The van der Waals surface area contributed by atoms with E-state index in [1.807, 2.05) is 41.1 Å². The molecule has 252 valence electrons. The van der Waals surface area contributed by atoms with Gasteiger partial charge in [0, 0.05) is 37.8 Å². The summed E-state index contributed by atoms with van der Waals surface area (Å²) in [6.07, 6.45) is 7.93. The van der Waals surface area contributed by atoms with Crippen molar-refractivity contribution in [3.63, 3.8) is 0 Å². The Morgan fingerprint density at radius 1 is 1.09 bits per heavy atom. The second-order valence-corrected chi connectivity index (χ2v) is 15.7. The van der Waals surface area contributed by atoms with Gasteiger partial charge in [-0.2, -0.15) is 0 Å². The molecule has 0 aromatic rings. The summed E-state index contributed by atoms with van der Waals surface area (Å²) in [5, 5.41) is 5.94. The normalized spacial score (nSPS) is 38.2. The number of alkyl halides is 1. The van der Waals surface area contributed by atoms with E-state index in [4.69, 9.17) is 9.47 Å². The number of rotatable bonds is 7. The van der Waals surface area contributed by atoms with Crippen molar-refractivity contribution < 1.29 is 28.2 Å². The molecule has 10 nitrogen and oxygen atoms in total. The molecule has 3 saturated carbocycles. The maximum absolute atomic E-state index is 16.5. The van der Waals surface area contributed by atoms with E-state index >= 15 is 4.39 Å². The minimum absolute atomic E-state index is 0.0637. The largest absolute Gasteiger partial charge is 0.444 e. The van der Waals surface area contributed by atoms with Gasteiger partial charge in [-0.3, -0.25) is 14.5 Å². The van der Waals surface area contributed by atoms with Gasteiger partial charge in [-0.25, -0.2) is 9.18 Å². The van der Waals surface area contributed by atoms with E-state index in [-0.39, 0.29) is 47.9 Å². The quantitative estimate of drug-likeness (QED) is 0.326. The van der Waals surface area contributed by atoms with E-state index in [1.165, 1.54) is 25.7 Å². The molecule has 10 atom stereocenters. The molecule has 0 bridgehead atoms. The highest BCUT2D eigenvalue weighted by Crippen LogP contribution is 2.51. The highest BCUT2D eigenvalue weighted by Gasteiger charge is 2.61. The number of alkyl carbamates (subject to hydrolysis) is 1. The van der Waals surface area contributed by atoms with E-state index in [0.717, 1.165) is 25.8 Å². The number of Topliss-reactive ketones (excluding diaryl/α,β-unsaturated/α-hetero) is 1. The van der Waals surface area contributed by atoms with Crippen LogP contribution in [0, 0.1) is 17.8 Å². The zero-order valence-electron chi connectivity index (χ0n) is 27.8. The van der Waals surface area contributed by atoms with Crippen LogP contribution in [-0.2, 0) is 19.1 Å². The van der Waals surface area contributed by atoms with Crippen molar-refractivity contribution in [1.82, 2.24) is 25.3 Å². The summed E-state index contributed by atoms with van der Waals surface area (Å²) < 4.78 is 28.9. The maximum Gasteiger partial charge on any atom is 0.407 e. The molecule has 11 heteroatoms. The molecule has 2 amide bonds. The van der Waals surface area contributed by atoms with Crippen LogP contribution in [0.1, 0.15) is 78.6 Å². The van der Waals surface area contributed by atoms with Crippen molar-refractivity contribution in [3.05, 3.63) is 11.8 Å². The van der Waals surface area contributed by atoms with Crippen molar-refractivity contribution in [2.24, 2.45) is 17.8 Å². The molecule has 0 aromatic carbocycles. The van der Waals surface area contributed by atoms with Crippen molar-refractivity contribution in [3.8, 4) is 0 Å². The van der Waals surface area contributed by atoms with Crippen molar-refractivity contribution in [2.75, 3.05) is 40.3 Å². The van der Waals surface area contributed by atoms with Crippen LogP contribution in [0.4, 0.5) is 9.18 Å². The summed E-state index contributed by atoms with van der Waals surface area (Å²) in [7, 11) is 3.98. The fraction of sp³-hybridized carbons (Fsp3) is 0.853. The summed E-state index contributed by atoms with van der Waals surface area (Å²) in [6.45, 7) is 7.96. The summed E-state index contributed by atoms with van der Waals surface area (Å²) in [4.78, 5) is 46.4. The SMILES string of the molecule is CN(C)CCCNC(=O)C1=CN2C3CC4CCCCC4CC3OC3C(N4CCC(NC(=O)OC(C)(C)C)C4)C(F)CC(C1=O)C32. The zero-order valence-corrected chi connectivity index (χ0v) is 27.8. The van der Waals surface area contributed by atoms with E-state index in [0.29, 0.717) is 37.9 Å². The molecule has 10 unspecified atom stereocenters. The number of likely N-dealkylation sites (tertiary alicyclic amines) is 1. The van der Waals surface area contributed by atoms with Crippen LogP contribution < -0.4 is 10.6 Å². The molecule has 45 heavy (non-hydrogen) atoms. The van der Waals surface area contributed by atoms with Gasteiger partial charge in [-0.05, 0) is 85.4 Å². The number of fused-ring (bicyclic) bond motifs is 3. The average molecular weight is 632 g/mol. The number of nitrogens with one attached hydrogen (secondary N) is 2. The number of ether oxygens (including phenoxy) is 2. The van der Waals surface area contributed by atoms with E-state index < -0.39 is 35.9 Å². The average Bonchev–Trinajstić information content (AvgIpc) is 3.41. The summed E-state index contributed by atoms with van der Waals surface area (Å²) in [6, 6.07) is -0.897. The van der Waals surface area contributed by atoms with Crippen LogP contribution >= 0.6 is 0 Å². The predicted octanol–water partition coefficient (Wildman–Crippen LogP) is 3.25. The van der Waals surface area contributed by atoms with Gasteiger partial charge in [0.05, 0.1) is 35.9 Å². The lowest BCUT2D eigenvalue weighted by Gasteiger charge is -2.61. The minimum Gasteiger partial charge on any atom is -0.444 e. The Hall–Kier alpha value is -2.24. The third kappa shape index (κ3) is 6.91. The number of nitrogens with zero attached hydrogens (tertiary/aromatic N) is 3. The number of hydrogen-bond donors (Lipinski definition) is 2. The lowest BCUT2D eigenvalue weighted by Crippen LogP contribution is -2.73. The summed E-state index contributed by atoms with van der Waals surface area (Å²) in [5.74, 6) is -0.000674. The maximum atomic E-state index is 16.5. The molecule has 0 radical (unpaired) electrons. The Morgan fingerprint density at radius 2 is 1.82 bits per heavy atom. The first-order valence-electron chi connectivity index (χ1n) is 17.4. The van der Waals surface area contributed by atoms with Gasteiger partial charge in [0.15, 0.2) is 5.78 Å². The summed E-state index contributed by atoms with van der Waals surface area (Å²) in [5.41, 5.74) is -0.430. The van der Waals surface area contributed by atoms with Crippen molar-refractivity contribution in [1.29, 1.82) is 0 Å². The molecule has 2 N–H and O–H groups in total. The van der Waals surface area contributed by atoms with Gasteiger partial charge in [0.2, 0.25) is 0 Å². The van der Waals surface area contributed by atoms with Gasteiger partial charge in [-0.15, -0.1) is 0 Å². The number of carbonyl (C=O) groups is 3. The van der Waals surface area contributed by atoms with Gasteiger partial charge in [0.1, 0.15) is 11.8 Å². The Labute approximate surface area is 267 Å². The van der Waals surface area contributed by atoms with Crippen LogP contribution in [0.3, 0.4) is 0 Å². The third-order valence-electron chi connectivity index (χ3n) is 11.1. The number of carbonyl (C=O) groups excluding carboxylic acids is 3. The molecule has 3 aliphatic heterocycles.